The highest BCUT2D eigenvalue weighted by atomic mass is 32.2. The first-order chi connectivity index (χ1) is 8.38. The Morgan fingerprint density at radius 3 is 2.56 bits per heavy atom. The fraction of sp³-hybridized carbons (Fsp3) is 0.500. The number of aliphatic hydroxyl groups is 1. The topological polar surface area (TPSA) is 69.6 Å². The Labute approximate surface area is 108 Å². The third-order valence-corrected chi connectivity index (χ3v) is 4.03. The number of benzene rings is 1. The molecule has 0 heterocycles. The number of likely N-dealkylation sites (N-methyl/N-ethyl adjacent to an activating group) is 1. The maximum Gasteiger partial charge on any atom is 0.242 e. The lowest BCUT2D eigenvalue weighted by Crippen LogP contribution is -2.30. The molecule has 0 amide bonds. The van der Waals surface area contributed by atoms with Gasteiger partial charge in [0.25, 0.3) is 0 Å². The molecule has 0 spiro atoms. The van der Waals surface area contributed by atoms with Crippen LogP contribution in [0.4, 0.5) is 5.69 Å². The zero-order valence-corrected chi connectivity index (χ0v) is 11.7. The number of aliphatic hydroxyl groups excluding tert-OH is 1. The van der Waals surface area contributed by atoms with E-state index in [1.54, 1.807) is 50.1 Å². The summed E-state index contributed by atoms with van der Waals surface area (Å²) in [7, 11) is -1.74. The van der Waals surface area contributed by atoms with Gasteiger partial charge >= 0.3 is 0 Å². The number of nitrogens with zero attached hydrogens (tertiary/aromatic N) is 1. The maximum atomic E-state index is 12.0. The smallest absolute Gasteiger partial charge is 0.242 e. The molecule has 2 N–H and O–H groups in total. The van der Waals surface area contributed by atoms with Crippen LogP contribution in [-0.2, 0) is 10.0 Å². The predicted octanol–water partition coefficient (Wildman–Crippen LogP) is 0.802. The van der Waals surface area contributed by atoms with Crippen LogP contribution in [0.25, 0.3) is 0 Å². The summed E-state index contributed by atoms with van der Waals surface area (Å²) in [5.41, 5.74) is 0.583. The molecule has 1 aromatic rings. The Bertz CT molecular complexity index is 486. The summed E-state index contributed by atoms with van der Waals surface area (Å²) in [4.78, 5) is 1.96. The van der Waals surface area contributed by atoms with E-state index in [9.17, 15) is 13.5 Å². The molecule has 0 radical (unpaired) electrons. The lowest BCUT2D eigenvalue weighted by molar-refractivity contribution is 0.201. The number of hydrogen-bond donors (Lipinski definition) is 2. The van der Waals surface area contributed by atoms with E-state index in [1.807, 2.05) is 0 Å². The zero-order chi connectivity index (χ0) is 13.8. The molecule has 0 aliphatic carbocycles. The lowest BCUT2D eigenvalue weighted by atomic mass is 10.2. The average molecular weight is 272 g/mol. The summed E-state index contributed by atoms with van der Waals surface area (Å²) in [5.74, 6) is 0. The molecule has 0 fully saturated rings. The first-order valence-electron chi connectivity index (χ1n) is 5.86. The van der Waals surface area contributed by atoms with Crippen molar-refractivity contribution in [3.63, 3.8) is 0 Å². The summed E-state index contributed by atoms with van der Waals surface area (Å²) in [5, 5.41) is 9.37. The molecule has 102 valence electrons. The summed E-state index contributed by atoms with van der Waals surface area (Å²) >= 11 is 0. The van der Waals surface area contributed by atoms with Gasteiger partial charge in [-0.3, -0.25) is 0 Å². The molecule has 0 aliphatic rings. The maximum absolute atomic E-state index is 12.0. The van der Waals surface area contributed by atoms with E-state index in [0.717, 1.165) is 0 Å². The standard InChI is InChI=1S/C12H20N2O3S/c1-4-13-18(16,17)12-8-6-5-7-11(12)14(3)9-10(2)15/h5-8,10,13,15H,4,9H2,1-3H3. The van der Waals surface area contributed by atoms with Crippen molar-refractivity contribution in [3.8, 4) is 0 Å². The minimum atomic E-state index is -3.50. The number of para-hydroxylation sites is 1. The van der Waals surface area contributed by atoms with Crippen LogP contribution < -0.4 is 9.62 Å². The van der Waals surface area contributed by atoms with Gasteiger partial charge in [0.05, 0.1) is 11.8 Å². The first kappa shape index (κ1) is 14.9. The van der Waals surface area contributed by atoms with E-state index in [-0.39, 0.29) is 4.90 Å². The van der Waals surface area contributed by atoms with E-state index in [1.165, 1.54) is 0 Å². The quantitative estimate of drug-likeness (QED) is 0.804. The van der Waals surface area contributed by atoms with Crippen LogP contribution in [0.2, 0.25) is 0 Å². The van der Waals surface area contributed by atoms with E-state index in [2.05, 4.69) is 4.72 Å². The SMILES string of the molecule is CCNS(=O)(=O)c1ccccc1N(C)CC(C)O. The largest absolute Gasteiger partial charge is 0.392 e. The predicted molar refractivity (Wildman–Crippen MR) is 72.3 cm³/mol. The van der Waals surface area contributed by atoms with Gasteiger partial charge in [-0.2, -0.15) is 0 Å². The van der Waals surface area contributed by atoms with Crippen molar-refractivity contribution < 1.29 is 13.5 Å². The number of hydrogen-bond acceptors (Lipinski definition) is 4. The molecule has 0 saturated heterocycles. The fourth-order valence-electron chi connectivity index (χ4n) is 1.76. The number of nitrogens with one attached hydrogen (secondary N) is 1. The second-order valence-electron chi connectivity index (χ2n) is 4.20. The molecular formula is C12H20N2O3S. The molecular weight excluding hydrogens is 252 g/mol. The van der Waals surface area contributed by atoms with Crippen LogP contribution in [0.15, 0.2) is 29.2 Å². The molecule has 0 aliphatic heterocycles. The van der Waals surface area contributed by atoms with Crippen molar-refractivity contribution in [1.82, 2.24) is 4.72 Å². The lowest BCUT2D eigenvalue weighted by Gasteiger charge is -2.23. The van der Waals surface area contributed by atoms with Gasteiger partial charge in [-0.1, -0.05) is 19.1 Å². The van der Waals surface area contributed by atoms with Crippen LogP contribution >= 0.6 is 0 Å². The minimum absolute atomic E-state index is 0.231. The molecule has 1 rings (SSSR count). The van der Waals surface area contributed by atoms with Gasteiger partial charge in [-0.05, 0) is 19.1 Å². The zero-order valence-electron chi connectivity index (χ0n) is 10.9. The molecule has 18 heavy (non-hydrogen) atoms. The number of rotatable bonds is 6. The molecule has 0 saturated carbocycles. The van der Waals surface area contributed by atoms with Crippen LogP contribution in [0.5, 0.6) is 0 Å². The normalized spacial score (nSPS) is 13.3. The molecule has 0 bridgehead atoms. The van der Waals surface area contributed by atoms with Crippen molar-refractivity contribution in [2.75, 3.05) is 25.0 Å². The van der Waals surface area contributed by atoms with Gasteiger partial charge in [0, 0.05) is 20.1 Å². The fourth-order valence-corrected chi connectivity index (χ4v) is 3.05. The Hall–Kier alpha value is -1.11. The summed E-state index contributed by atoms with van der Waals surface area (Å²) in [6.45, 7) is 4.12. The van der Waals surface area contributed by atoms with Crippen molar-refractivity contribution in [3.05, 3.63) is 24.3 Å². The Morgan fingerprint density at radius 1 is 1.39 bits per heavy atom. The summed E-state index contributed by atoms with van der Waals surface area (Å²) in [6, 6.07) is 6.75. The monoisotopic (exact) mass is 272 g/mol. The Morgan fingerprint density at radius 2 is 2.00 bits per heavy atom. The van der Waals surface area contributed by atoms with Gasteiger partial charge in [0.15, 0.2) is 0 Å². The van der Waals surface area contributed by atoms with E-state index < -0.39 is 16.1 Å². The number of anilines is 1. The highest BCUT2D eigenvalue weighted by molar-refractivity contribution is 7.89. The van der Waals surface area contributed by atoms with Gasteiger partial charge in [0.2, 0.25) is 10.0 Å². The van der Waals surface area contributed by atoms with Crippen LogP contribution in [0.1, 0.15) is 13.8 Å². The molecule has 6 heteroatoms. The van der Waals surface area contributed by atoms with E-state index in [0.29, 0.717) is 18.8 Å². The average Bonchev–Trinajstić information content (AvgIpc) is 2.28. The van der Waals surface area contributed by atoms with Gasteiger partial charge < -0.3 is 10.0 Å². The van der Waals surface area contributed by atoms with Crippen LogP contribution in [0.3, 0.4) is 0 Å². The van der Waals surface area contributed by atoms with E-state index in [4.69, 9.17) is 0 Å². The second kappa shape index (κ2) is 6.17. The molecule has 1 aromatic carbocycles. The first-order valence-corrected chi connectivity index (χ1v) is 7.34. The van der Waals surface area contributed by atoms with Crippen molar-refractivity contribution in [1.29, 1.82) is 0 Å². The van der Waals surface area contributed by atoms with Gasteiger partial charge in [0.1, 0.15) is 4.90 Å². The number of sulfonamides is 1. The minimum Gasteiger partial charge on any atom is -0.392 e. The third-order valence-electron chi connectivity index (χ3n) is 2.44. The van der Waals surface area contributed by atoms with Gasteiger partial charge in [-0.15, -0.1) is 0 Å². The van der Waals surface area contributed by atoms with Crippen LogP contribution in [-0.4, -0.2) is 39.8 Å². The Balaban J connectivity index is 3.14. The highest BCUT2D eigenvalue weighted by Crippen LogP contribution is 2.23. The Kier molecular flexibility index (Phi) is 5.13. The van der Waals surface area contributed by atoms with Crippen molar-refractivity contribution in [2.45, 2.75) is 24.8 Å². The molecule has 0 aromatic heterocycles. The highest BCUT2D eigenvalue weighted by Gasteiger charge is 2.19. The summed E-state index contributed by atoms with van der Waals surface area (Å²) in [6.07, 6.45) is -0.523. The summed E-state index contributed by atoms with van der Waals surface area (Å²) < 4.78 is 26.6. The third kappa shape index (κ3) is 3.69. The molecule has 5 nitrogen and oxygen atoms in total. The van der Waals surface area contributed by atoms with Gasteiger partial charge in [-0.25, -0.2) is 13.1 Å². The second-order valence-corrected chi connectivity index (χ2v) is 5.93. The molecule has 1 unspecified atom stereocenters. The van der Waals surface area contributed by atoms with Crippen LogP contribution in [0, 0.1) is 0 Å². The van der Waals surface area contributed by atoms with E-state index >= 15 is 0 Å². The molecule has 1 atom stereocenters. The van der Waals surface area contributed by atoms with Crippen molar-refractivity contribution in [2.24, 2.45) is 0 Å². The van der Waals surface area contributed by atoms with Crippen molar-refractivity contribution >= 4 is 15.7 Å².